The van der Waals surface area contributed by atoms with Gasteiger partial charge in [0, 0.05) is 31.7 Å². The van der Waals surface area contributed by atoms with Gasteiger partial charge in [-0.25, -0.2) is 12.8 Å². The maximum absolute atomic E-state index is 13.4. The van der Waals surface area contributed by atoms with Crippen molar-refractivity contribution in [2.75, 3.05) is 31.1 Å². The van der Waals surface area contributed by atoms with E-state index in [9.17, 15) is 12.8 Å². The zero-order valence-electron chi connectivity index (χ0n) is 16.9. The highest BCUT2D eigenvalue weighted by molar-refractivity contribution is 7.89. The molecule has 6 nitrogen and oxygen atoms in total. The number of hydrogen-bond donors (Lipinski definition) is 0. The van der Waals surface area contributed by atoms with Crippen molar-refractivity contribution < 1.29 is 12.8 Å². The number of nitrogens with zero attached hydrogens (tertiary/aromatic N) is 4. The Morgan fingerprint density at radius 1 is 0.867 bits per heavy atom. The van der Waals surface area contributed by atoms with Gasteiger partial charge in [0.1, 0.15) is 5.82 Å². The molecule has 4 rings (SSSR count). The first-order chi connectivity index (χ1) is 14.3. The summed E-state index contributed by atoms with van der Waals surface area (Å²) in [6.07, 6.45) is 0. The minimum absolute atomic E-state index is 0.0199. The van der Waals surface area contributed by atoms with Gasteiger partial charge >= 0.3 is 0 Å². The Morgan fingerprint density at radius 3 is 2.27 bits per heavy atom. The largest absolute Gasteiger partial charge is 0.352 e. The van der Waals surface area contributed by atoms with Gasteiger partial charge in [0.2, 0.25) is 10.0 Å². The average Bonchev–Trinajstić information content (AvgIpc) is 2.76. The van der Waals surface area contributed by atoms with Crippen LogP contribution in [0.5, 0.6) is 0 Å². The number of halogens is 1. The first kappa shape index (κ1) is 20.4. The molecule has 0 N–H and O–H groups in total. The summed E-state index contributed by atoms with van der Waals surface area (Å²) in [6, 6.07) is 15.1. The standard InChI is InChI=1S/C22H23FN4O2S/c1-16-6-7-18(14-17(16)2)21-8-9-22(25-24-21)26-10-12-27(13-11-26)30(28,29)20-5-3-4-19(23)15-20/h3-9,14-15H,10-13H2,1-2H3. The van der Waals surface area contributed by atoms with Gasteiger partial charge in [-0.3, -0.25) is 0 Å². The second-order valence-electron chi connectivity index (χ2n) is 7.42. The summed E-state index contributed by atoms with van der Waals surface area (Å²) in [6.45, 7) is 5.73. The number of hydrogen-bond acceptors (Lipinski definition) is 5. The van der Waals surface area contributed by atoms with E-state index in [2.05, 4.69) is 36.2 Å². The lowest BCUT2D eigenvalue weighted by molar-refractivity contribution is 0.383. The van der Waals surface area contributed by atoms with E-state index >= 15 is 0 Å². The summed E-state index contributed by atoms with van der Waals surface area (Å²) in [5.41, 5.74) is 4.25. The van der Waals surface area contributed by atoms with Crippen LogP contribution in [0, 0.1) is 19.7 Å². The number of rotatable bonds is 4. The smallest absolute Gasteiger partial charge is 0.243 e. The summed E-state index contributed by atoms with van der Waals surface area (Å²) >= 11 is 0. The van der Waals surface area contributed by atoms with Crippen molar-refractivity contribution in [3.8, 4) is 11.3 Å². The molecule has 8 heteroatoms. The van der Waals surface area contributed by atoms with Gasteiger partial charge in [-0.05, 0) is 61.4 Å². The highest BCUT2D eigenvalue weighted by Crippen LogP contribution is 2.23. The van der Waals surface area contributed by atoms with E-state index in [1.54, 1.807) is 0 Å². The lowest BCUT2D eigenvalue weighted by Crippen LogP contribution is -2.49. The summed E-state index contributed by atoms with van der Waals surface area (Å²) < 4.78 is 40.3. The maximum atomic E-state index is 13.4. The van der Waals surface area contributed by atoms with E-state index in [0.29, 0.717) is 32.0 Å². The van der Waals surface area contributed by atoms with Gasteiger partial charge < -0.3 is 4.90 Å². The third-order valence-electron chi connectivity index (χ3n) is 5.45. The van der Waals surface area contributed by atoms with Crippen LogP contribution in [0.4, 0.5) is 10.2 Å². The zero-order valence-corrected chi connectivity index (χ0v) is 17.7. The number of aromatic nitrogens is 2. The summed E-state index contributed by atoms with van der Waals surface area (Å²) in [4.78, 5) is 1.99. The minimum atomic E-state index is -3.71. The fourth-order valence-electron chi connectivity index (χ4n) is 3.48. The van der Waals surface area contributed by atoms with Crippen LogP contribution < -0.4 is 4.90 Å². The lowest BCUT2D eigenvalue weighted by Gasteiger charge is -2.34. The molecular weight excluding hydrogens is 403 g/mol. The van der Waals surface area contributed by atoms with Gasteiger partial charge in [-0.15, -0.1) is 10.2 Å². The molecule has 0 aliphatic carbocycles. The first-order valence-corrected chi connectivity index (χ1v) is 11.2. The molecule has 0 unspecified atom stereocenters. The number of sulfonamides is 1. The number of benzene rings is 2. The van der Waals surface area contributed by atoms with Crippen molar-refractivity contribution >= 4 is 15.8 Å². The normalized spacial score (nSPS) is 15.4. The molecule has 156 valence electrons. The molecule has 30 heavy (non-hydrogen) atoms. The molecule has 1 fully saturated rings. The fraction of sp³-hybridized carbons (Fsp3) is 0.273. The van der Waals surface area contributed by atoms with Crippen molar-refractivity contribution in [1.82, 2.24) is 14.5 Å². The topological polar surface area (TPSA) is 66.4 Å². The van der Waals surface area contributed by atoms with E-state index in [0.717, 1.165) is 17.3 Å². The van der Waals surface area contributed by atoms with Gasteiger partial charge in [0.05, 0.1) is 10.6 Å². The highest BCUT2D eigenvalue weighted by Gasteiger charge is 2.29. The maximum Gasteiger partial charge on any atom is 0.243 e. The van der Waals surface area contributed by atoms with E-state index in [1.165, 1.54) is 33.6 Å². The fourth-order valence-corrected chi connectivity index (χ4v) is 4.94. The Hall–Kier alpha value is -2.84. The molecule has 0 bridgehead atoms. The molecule has 0 atom stereocenters. The SMILES string of the molecule is Cc1ccc(-c2ccc(N3CCN(S(=O)(=O)c4cccc(F)c4)CC3)nn2)cc1C. The minimum Gasteiger partial charge on any atom is -0.352 e. The summed E-state index contributed by atoms with van der Waals surface area (Å²) in [7, 11) is -3.71. The van der Waals surface area contributed by atoms with Gasteiger partial charge in [0.15, 0.2) is 5.82 Å². The van der Waals surface area contributed by atoms with Crippen LogP contribution in [0.3, 0.4) is 0 Å². The van der Waals surface area contributed by atoms with Crippen LogP contribution in [0.25, 0.3) is 11.3 Å². The Morgan fingerprint density at radius 2 is 1.63 bits per heavy atom. The lowest BCUT2D eigenvalue weighted by atomic mass is 10.0. The average molecular weight is 427 g/mol. The molecule has 2 heterocycles. The predicted molar refractivity (Wildman–Crippen MR) is 114 cm³/mol. The van der Waals surface area contributed by atoms with E-state index in [-0.39, 0.29) is 4.90 Å². The molecule has 0 spiro atoms. The molecule has 1 aliphatic rings. The Kier molecular flexibility index (Phi) is 5.53. The van der Waals surface area contributed by atoms with Crippen molar-refractivity contribution in [2.45, 2.75) is 18.7 Å². The highest BCUT2D eigenvalue weighted by atomic mass is 32.2. The molecule has 1 saturated heterocycles. The van der Waals surface area contributed by atoms with E-state index < -0.39 is 15.8 Å². The second-order valence-corrected chi connectivity index (χ2v) is 9.36. The van der Waals surface area contributed by atoms with Crippen LogP contribution >= 0.6 is 0 Å². The molecule has 0 amide bonds. The molecule has 1 aromatic heterocycles. The summed E-state index contributed by atoms with van der Waals surface area (Å²) in [5.74, 6) is 0.152. The monoisotopic (exact) mass is 426 g/mol. The van der Waals surface area contributed by atoms with Crippen molar-refractivity contribution in [1.29, 1.82) is 0 Å². The Labute approximate surface area is 176 Å². The molecule has 0 saturated carbocycles. The molecular formula is C22H23FN4O2S. The molecule has 3 aromatic rings. The van der Waals surface area contributed by atoms with Crippen LogP contribution in [-0.4, -0.2) is 49.1 Å². The van der Waals surface area contributed by atoms with Gasteiger partial charge in [0.25, 0.3) is 0 Å². The number of anilines is 1. The second kappa shape index (κ2) is 8.12. The van der Waals surface area contributed by atoms with Crippen LogP contribution in [0.15, 0.2) is 59.5 Å². The van der Waals surface area contributed by atoms with Gasteiger partial charge in [-0.1, -0.05) is 18.2 Å². The molecule has 0 radical (unpaired) electrons. The van der Waals surface area contributed by atoms with Crippen LogP contribution in [-0.2, 0) is 10.0 Å². The molecule has 1 aliphatic heterocycles. The van der Waals surface area contributed by atoms with E-state index in [1.807, 2.05) is 23.1 Å². The zero-order chi connectivity index (χ0) is 21.3. The molecule has 2 aromatic carbocycles. The van der Waals surface area contributed by atoms with Crippen LogP contribution in [0.2, 0.25) is 0 Å². The van der Waals surface area contributed by atoms with Crippen molar-refractivity contribution in [2.24, 2.45) is 0 Å². The first-order valence-electron chi connectivity index (χ1n) is 9.76. The quantitative estimate of drug-likeness (QED) is 0.640. The third kappa shape index (κ3) is 4.06. The predicted octanol–water partition coefficient (Wildman–Crippen LogP) is 3.41. The van der Waals surface area contributed by atoms with Crippen molar-refractivity contribution in [3.63, 3.8) is 0 Å². The summed E-state index contributed by atoms with van der Waals surface area (Å²) in [5, 5.41) is 8.70. The number of aryl methyl sites for hydroxylation is 2. The van der Waals surface area contributed by atoms with Crippen LogP contribution in [0.1, 0.15) is 11.1 Å². The van der Waals surface area contributed by atoms with Gasteiger partial charge in [-0.2, -0.15) is 4.31 Å². The van der Waals surface area contributed by atoms with E-state index in [4.69, 9.17) is 0 Å². The third-order valence-corrected chi connectivity index (χ3v) is 7.34. The Balaban J connectivity index is 1.44. The number of piperazine rings is 1. The Bertz CT molecular complexity index is 1160. The van der Waals surface area contributed by atoms with Crippen molar-refractivity contribution in [3.05, 3.63) is 71.5 Å².